The van der Waals surface area contributed by atoms with Crippen molar-refractivity contribution in [3.05, 3.63) is 12.4 Å². The van der Waals surface area contributed by atoms with E-state index in [1.54, 1.807) is 6.33 Å². The van der Waals surface area contributed by atoms with Crippen molar-refractivity contribution < 1.29 is 0 Å². The number of nitrogens with one attached hydrogen (secondary N) is 1. The number of hydrogen-bond donors (Lipinski definition) is 1. The molecule has 0 aliphatic carbocycles. The zero-order valence-electron chi connectivity index (χ0n) is 12.4. The summed E-state index contributed by atoms with van der Waals surface area (Å²) in [7, 11) is 0. The first-order chi connectivity index (χ1) is 9.20. The largest absolute Gasteiger partial charge is 0.370 e. The van der Waals surface area contributed by atoms with Gasteiger partial charge in [-0.2, -0.15) is 0 Å². The third kappa shape index (κ3) is 3.82. The van der Waals surface area contributed by atoms with Crippen molar-refractivity contribution in [2.24, 2.45) is 5.92 Å². The van der Waals surface area contributed by atoms with Gasteiger partial charge in [-0.15, -0.1) is 0 Å². The van der Waals surface area contributed by atoms with Gasteiger partial charge in [0, 0.05) is 25.2 Å². The van der Waals surface area contributed by atoms with Crippen molar-refractivity contribution in [3.8, 4) is 0 Å². The Morgan fingerprint density at radius 3 is 2.95 bits per heavy atom. The molecule has 4 nitrogen and oxygen atoms in total. The fraction of sp³-hybridized carbons (Fsp3) is 0.733. The van der Waals surface area contributed by atoms with Crippen molar-refractivity contribution in [3.63, 3.8) is 0 Å². The van der Waals surface area contributed by atoms with Crippen LogP contribution in [0.1, 0.15) is 46.5 Å². The Labute approximate surface area is 116 Å². The van der Waals surface area contributed by atoms with Crippen LogP contribution in [0.15, 0.2) is 12.4 Å². The van der Waals surface area contributed by atoms with Gasteiger partial charge in [-0.05, 0) is 31.6 Å². The van der Waals surface area contributed by atoms with E-state index in [0.29, 0.717) is 12.0 Å². The molecule has 19 heavy (non-hydrogen) atoms. The van der Waals surface area contributed by atoms with E-state index >= 15 is 0 Å². The van der Waals surface area contributed by atoms with Crippen LogP contribution in [0.2, 0.25) is 0 Å². The fourth-order valence-electron chi connectivity index (χ4n) is 2.64. The molecule has 0 amide bonds. The van der Waals surface area contributed by atoms with Crippen LogP contribution in [0.5, 0.6) is 0 Å². The van der Waals surface area contributed by atoms with Gasteiger partial charge < -0.3 is 10.2 Å². The second-order valence-electron chi connectivity index (χ2n) is 5.79. The highest BCUT2D eigenvalue weighted by Gasteiger charge is 2.22. The molecule has 106 valence electrons. The van der Waals surface area contributed by atoms with Crippen LogP contribution in [0.25, 0.3) is 0 Å². The number of piperidine rings is 1. The number of anilines is 2. The number of aromatic nitrogens is 2. The van der Waals surface area contributed by atoms with E-state index < -0.39 is 0 Å². The lowest BCUT2D eigenvalue weighted by Crippen LogP contribution is -2.39. The van der Waals surface area contributed by atoms with E-state index in [1.165, 1.54) is 25.7 Å². The van der Waals surface area contributed by atoms with Gasteiger partial charge in [-0.25, -0.2) is 9.97 Å². The highest BCUT2D eigenvalue weighted by atomic mass is 15.2. The molecule has 0 bridgehead atoms. The maximum absolute atomic E-state index is 4.46. The van der Waals surface area contributed by atoms with Crippen LogP contribution < -0.4 is 10.2 Å². The molecule has 1 aliphatic heterocycles. The van der Waals surface area contributed by atoms with Crippen LogP contribution in [0.3, 0.4) is 0 Å². The summed E-state index contributed by atoms with van der Waals surface area (Å²) >= 11 is 0. The average molecular weight is 262 g/mol. The summed E-state index contributed by atoms with van der Waals surface area (Å²) < 4.78 is 0. The van der Waals surface area contributed by atoms with Crippen LogP contribution >= 0.6 is 0 Å². The molecule has 2 rings (SSSR count). The van der Waals surface area contributed by atoms with Gasteiger partial charge >= 0.3 is 0 Å². The summed E-state index contributed by atoms with van der Waals surface area (Å²) in [5.74, 6) is 2.64. The Morgan fingerprint density at radius 2 is 2.21 bits per heavy atom. The monoisotopic (exact) mass is 262 g/mol. The second kappa shape index (κ2) is 6.73. The summed E-state index contributed by atoms with van der Waals surface area (Å²) in [4.78, 5) is 11.2. The topological polar surface area (TPSA) is 41.0 Å². The fourth-order valence-corrected chi connectivity index (χ4v) is 2.64. The summed E-state index contributed by atoms with van der Waals surface area (Å²) in [6.07, 6.45) is 6.78. The molecule has 2 heterocycles. The second-order valence-corrected chi connectivity index (χ2v) is 5.79. The molecule has 1 atom stereocenters. The SMILES string of the molecule is CCC1CCCCN1c1cc(NCC(C)C)ncn1. The minimum atomic E-state index is 0.622. The van der Waals surface area contributed by atoms with Gasteiger partial charge in [0.1, 0.15) is 18.0 Å². The molecular formula is C15H26N4. The van der Waals surface area contributed by atoms with E-state index in [9.17, 15) is 0 Å². The molecule has 0 radical (unpaired) electrons. The number of rotatable bonds is 5. The van der Waals surface area contributed by atoms with Crippen molar-refractivity contribution >= 4 is 11.6 Å². The van der Waals surface area contributed by atoms with Crippen LogP contribution in [0, 0.1) is 5.92 Å². The molecule has 0 aromatic carbocycles. The maximum atomic E-state index is 4.46. The molecule has 1 unspecified atom stereocenters. The third-order valence-electron chi connectivity index (χ3n) is 3.74. The molecular weight excluding hydrogens is 236 g/mol. The minimum Gasteiger partial charge on any atom is -0.370 e. The number of hydrogen-bond acceptors (Lipinski definition) is 4. The Balaban J connectivity index is 2.08. The Kier molecular flexibility index (Phi) is 5.00. The van der Waals surface area contributed by atoms with E-state index in [4.69, 9.17) is 0 Å². The predicted octanol–water partition coefficient (Wildman–Crippen LogP) is 3.31. The molecule has 1 aromatic heterocycles. The third-order valence-corrected chi connectivity index (χ3v) is 3.74. The Hall–Kier alpha value is -1.32. The van der Waals surface area contributed by atoms with Gasteiger partial charge in [-0.1, -0.05) is 20.8 Å². The average Bonchev–Trinajstić information content (AvgIpc) is 2.45. The predicted molar refractivity (Wildman–Crippen MR) is 80.6 cm³/mol. The Morgan fingerprint density at radius 1 is 1.37 bits per heavy atom. The van der Waals surface area contributed by atoms with Crippen molar-refractivity contribution in [2.75, 3.05) is 23.3 Å². The molecule has 1 aromatic rings. The van der Waals surface area contributed by atoms with Gasteiger partial charge in [-0.3, -0.25) is 0 Å². The summed E-state index contributed by atoms with van der Waals surface area (Å²) in [6, 6.07) is 2.73. The van der Waals surface area contributed by atoms with Crippen molar-refractivity contribution in [2.45, 2.75) is 52.5 Å². The summed E-state index contributed by atoms with van der Waals surface area (Å²) in [5, 5.41) is 3.38. The molecule has 4 heteroatoms. The van der Waals surface area contributed by atoms with Crippen LogP contribution in [-0.2, 0) is 0 Å². The molecule has 0 spiro atoms. The normalized spacial score (nSPS) is 19.8. The standard InChI is InChI=1S/C15H26N4/c1-4-13-7-5-6-8-19(13)15-9-14(17-11-18-15)16-10-12(2)3/h9,11-13H,4-8,10H2,1-3H3,(H,16,17,18). The first kappa shape index (κ1) is 14.1. The lowest BCUT2D eigenvalue weighted by Gasteiger charge is -2.36. The molecule has 1 aliphatic rings. The molecule has 1 fully saturated rings. The zero-order chi connectivity index (χ0) is 13.7. The van der Waals surface area contributed by atoms with Crippen molar-refractivity contribution in [1.29, 1.82) is 0 Å². The lowest BCUT2D eigenvalue weighted by atomic mass is 10.0. The highest BCUT2D eigenvalue weighted by Crippen LogP contribution is 2.25. The quantitative estimate of drug-likeness (QED) is 0.884. The maximum Gasteiger partial charge on any atom is 0.134 e. The summed E-state index contributed by atoms with van der Waals surface area (Å²) in [6.45, 7) is 8.74. The first-order valence-electron chi connectivity index (χ1n) is 7.53. The van der Waals surface area contributed by atoms with Gasteiger partial charge in [0.2, 0.25) is 0 Å². The molecule has 0 saturated carbocycles. The van der Waals surface area contributed by atoms with Gasteiger partial charge in [0.05, 0.1) is 0 Å². The van der Waals surface area contributed by atoms with E-state index in [-0.39, 0.29) is 0 Å². The van der Waals surface area contributed by atoms with E-state index in [1.807, 2.05) is 0 Å². The van der Waals surface area contributed by atoms with E-state index in [0.717, 1.165) is 24.7 Å². The van der Waals surface area contributed by atoms with Crippen LogP contribution in [-0.4, -0.2) is 29.1 Å². The zero-order valence-corrected chi connectivity index (χ0v) is 12.4. The number of nitrogens with zero attached hydrogens (tertiary/aromatic N) is 3. The van der Waals surface area contributed by atoms with Crippen molar-refractivity contribution in [1.82, 2.24) is 9.97 Å². The lowest BCUT2D eigenvalue weighted by molar-refractivity contribution is 0.446. The minimum absolute atomic E-state index is 0.622. The van der Waals surface area contributed by atoms with Crippen LogP contribution in [0.4, 0.5) is 11.6 Å². The Bertz CT molecular complexity index is 391. The van der Waals surface area contributed by atoms with E-state index in [2.05, 4.69) is 47.0 Å². The first-order valence-corrected chi connectivity index (χ1v) is 7.53. The molecule has 1 saturated heterocycles. The highest BCUT2D eigenvalue weighted by molar-refractivity contribution is 5.49. The van der Waals surface area contributed by atoms with Gasteiger partial charge in [0.15, 0.2) is 0 Å². The van der Waals surface area contributed by atoms with Gasteiger partial charge in [0.25, 0.3) is 0 Å². The summed E-state index contributed by atoms with van der Waals surface area (Å²) in [5.41, 5.74) is 0. The smallest absolute Gasteiger partial charge is 0.134 e. The molecule has 1 N–H and O–H groups in total.